The highest BCUT2D eigenvalue weighted by Gasteiger charge is 2.30. The van der Waals surface area contributed by atoms with Crippen LogP contribution in [0.5, 0.6) is 0 Å². The van der Waals surface area contributed by atoms with E-state index >= 15 is 0 Å². The second-order valence-electron chi connectivity index (χ2n) is 8.31. The van der Waals surface area contributed by atoms with Crippen LogP contribution in [0.2, 0.25) is 5.02 Å². The van der Waals surface area contributed by atoms with Crippen LogP contribution in [0.25, 0.3) is 0 Å². The average Bonchev–Trinajstić information content (AvgIpc) is 2.61. The molecule has 0 aliphatic heterocycles. The van der Waals surface area contributed by atoms with Crippen LogP contribution in [-0.2, 0) is 20.2 Å². The number of sulfonamides is 1. The van der Waals surface area contributed by atoms with Crippen LogP contribution in [0, 0.1) is 0 Å². The summed E-state index contributed by atoms with van der Waals surface area (Å²) in [5.41, 5.74) is 2.60. The number of nitrogens with one attached hydrogen (secondary N) is 1. The van der Waals surface area contributed by atoms with E-state index in [-0.39, 0.29) is 17.4 Å². The quantitative estimate of drug-likeness (QED) is 0.715. The van der Waals surface area contributed by atoms with Crippen LogP contribution in [0.1, 0.15) is 51.8 Å². The summed E-state index contributed by atoms with van der Waals surface area (Å²) >= 11 is 5.90. The van der Waals surface area contributed by atoms with Crippen LogP contribution in [0.3, 0.4) is 0 Å². The Labute approximate surface area is 179 Å². The van der Waals surface area contributed by atoms with Gasteiger partial charge in [-0.3, -0.25) is 9.10 Å². The van der Waals surface area contributed by atoms with E-state index in [0.29, 0.717) is 10.7 Å². The molecule has 29 heavy (non-hydrogen) atoms. The molecule has 1 N–H and O–H groups in total. The summed E-state index contributed by atoms with van der Waals surface area (Å²) in [4.78, 5) is 12.8. The van der Waals surface area contributed by atoms with Gasteiger partial charge in [-0.15, -0.1) is 0 Å². The molecule has 0 aromatic heterocycles. The third-order valence-corrected chi connectivity index (χ3v) is 6.30. The van der Waals surface area contributed by atoms with Gasteiger partial charge in [0, 0.05) is 5.02 Å². The molecule has 2 aromatic carbocycles. The zero-order chi connectivity index (χ0) is 22.0. The zero-order valence-electron chi connectivity index (χ0n) is 17.7. The van der Waals surface area contributed by atoms with E-state index in [1.54, 1.807) is 31.2 Å². The number of halogens is 1. The number of hydrogen-bond donors (Lipinski definition) is 1. The van der Waals surface area contributed by atoms with Gasteiger partial charge >= 0.3 is 0 Å². The van der Waals surface area contributed by atoms with Crippen molar-refractivity contribution < 1.29 is 13.2 Å². The Bertz CT molecular complexity index is 949. The number of benzene rings is 2. The summed E-state index contributed by atoms with van der Waals surface area (Å²) in [6.07, 6.45) is 1.08. The summed E-state index contributed by atoms with van der Waals surface area (Å²) < 4.78 is 25.8. The van der Waals surface area contributed by atoms with Crippen molar-refractivity contribution in [2.45, 2.75) is 52.1 Å². The smallest absolute Gasteiger partial charge is 0.244 e. The standard InChI is InChI=1S/C22H29ClN2O3S/c1-15(17-7-9-18(10-8-17)22(3,4)5)24-21(26)16(2)25(29(6,27)28)20-13-11-19(23)12-14-20/h7-16H,1-6H3,(H,24,26)/t15-,16+/m0/s1. The van der Waals surface area contributed by atoms with E-state index in [1.807, 2.05) is 19.1 Å². The second kappa shape index (κ2) is 8.76. The minimum atomic E-state index is -3.67. The maximum absolute atomic E-state index is 12.8. The second-order valence-corrected chi connectivity index (χ2v) is 10.6. The first kappa shape index (κ1) is 23.2. The van der Waals surface area contributed by atoms with Crippen molar-refractivity contribution >= 4 is 33.2 Å². The van der Waals surface area contributed by atoms with Crippen LogP contribution in [0.15, 0.2) is 48.5 Å². The summed E-state index contributed by atoms with van der Waals surface area (Å²) in [7, 11) is -3.67. The van der Waals surface area contributed by atoms with Crippen molar-refractivity contribution in [1.82, 2.24) is 5.32 Å². The first-order valence-corrected chi connectivity index (χ1v) is 11.7. The molecule has 5 nitrogen and oxygen atoms in total. The van der Waals surface area contributed by atoms with Crippen molar-refractivity contribution in [3.05, 3.63) is 64.7 Å². The predicted molar refractivity (Wildman–Crippen MR) is 120 cm³/mol. The lowest BCUT2D eigenvalue weighted by atomic mass is 9.86. The molecule has 0 fully saturated rings. The number of carbonyl (C=O) groups excluding carboxylic acids is 1. The van der Waals surface area contributed by atoms with Crippen LogP contribution >= 0.6 is 11.6 Å². The van der Waals surface area contributed by atoms with Gasteiger partial charge in [-0.25, -0.2) is 8.42 Å². The summed E-state index contributed by atoms with van der Waals surface area (Å²) in [5, 5.41) is 3.41. The first-order chi connectivity index (χ1) is 13.3. The van der Waals surface area contributed by atoms with Gasteiger partial charge in [-0.2, -0.15) is 0 Å². The van der Waals surface area contributed by atoms with Gasteiger partial charge in [0.15, 0.2) is 0 Å². The van der Waals surface area contributed by atoms with Crippen molar-refractivity contribution in [2.75, 3.05) is 10.6 Å². The molecule has 0 saturated carbocycles. The Morgan fingerprint density at radius 3 is 1.97 bits per heavy atom. The van der Waals surface area contributed by atoms with Gasteiger partial charge in [0.2, 0.25) is 15.9 Å². The molecule has 158 valence electrons. The minimum absolute atomic E-state index is 0.0497. The molecule has 7 heteroatoms. The molecule has 2 rings (SSSR count). The molecule has 2 aromatic rings. The Morgan fingerprint density at radius 1 is 1.00 bits per heavy atom. The third-order valence-electron chi connectivity index (χ3n) is 4.81. The molecule has 0 radical (unpaired) electrons. The largest absolute Gasteiger partial charge is 0.348 e. The molecule has 0 spiro atoms. The lowest BCUT2D eigenvalue weighted by Gasteiger charge is -2.29. The Balaban J connectivity index is 2.19. The van der Waals surface area contributed by atoms with E-state index in [4.69, 9.17) is 11.6 Å². The monoisotopic (exact) mass is 436 g/mol. The van der Waals surface area contributed by atoms with Crippen molar-refractivity contribution in [2.24, 2.45) is 0 Å². The lowest BCUT2D eigenvalue weighted by molar-refractivity contribution is -0.122. The van der Waals surface area contributed by atoms with Crippen LogP contribution in [-0.4, -0.2) is 26.6 Å². The topological polar surface area (TPSA) is 66.5 Å². The third kappa shape index (κ3) is 5.97. The fourth-order valence-corrected chi connectivity index (χ4v) is 4.39. The fourth-order valence-electron chi connectivity index (χ4n) is 3.09. The van der Waals surface area contributed by atoms with E-state index in [9.17, 15) is 13.2 Å². The summed E-state index contributed by atoms with van der Waals surface area (Å²) in [6.45, 7) is 9.88. The Morgan fingerprint density at radius 2 is 1.52 bits per heavy atom. The molecule has 0 aliphatic carbocycles. The van der Waals surface area contributed by atoms with Crippen molar-refractivity contribution in [1.29, 1.82) is 0 Å². The Hall–Kier alpha value is -2.05. The lowest BCUT2D eigenvalue weighted by Crippen LogP contribution is -2.48. The predicted octanol–water partition coefficient (Wildman–Crippen LogP) is 4.67. The molecule has 0 saturated heterocycles. The van der Waals surface area contributed by atoms with Gasteiger partial charge in [-0.05, 0) is 54.7 Å². The van der Waals surface area contributed by atoms with Gasteiger partial charge in [0.1, 0.15) is 6.04 Å². The van der Waals surface area contributed by atoms with Crippen LogP contribution < -0.4 is 9.62 Å². The van der Waals surface area contributed by atoms with E-state index in [0.717, 1.165) is 16.1 Å². The van der Waals surface area contributed by atoms with Gasteiger partial charge in [0.05, 0.1) is 18.0 Å². The highest BCUT2D eigenvalue weighted by Crippen LogP contribution is 2.25. The first-order valence-electron chi connectivity index (χ1n) is 9.46. The number of nitrogens with zero attached hydrogens (tertiary/aromatic N) is 1. The fraction of sp³-hybridized carbons (Fsp3) is 0.409. The number of amides is 1. The zero-order valence-corrected chi connectivity index (χ0v) is 19.3. The molecular weight excluding hydrogens is 408 g/mol. The highest BCUT2D eigenvalue weighted by atomic mass is 35.5. The molecule has 0 unspecified atom stereocenters. The SMILES string of the molecule is C[C@H](NC(=O)[C@@H](C)N(c1ccc(Cl)cc1)S(C)(=O)=O)c1ccc(C(C)(C)C)cc1. The number of anilines is 1. The molecule has 2 atom stereocenters. The van der Waals surface area contributed by atoms with E-state index in [1.165, 1.54) is 5.56 Å². The number of carbonyl (C=O) groups is 1. The molecular formula is C22H29ClN2O3S. The van der Waals surface area contributed by atoms with E-state index < -0.39 is 16.1 Å². The van der Waals surface area contributed by atoms with Crippen molar-refractivity contribution in [3.63, 3.8) is 0 Å². The van der Waals surface area contributed by atoms with Crippen LogP contribution in [0.4, 0.5) is 5.69 Å². The van der Waals surface area contributed by atoms with Gasteiger partial charge in [0.25, 0.3) is 0 Å². The minimum Gasteiger partial charge on any atom is -0.348 e. The normalized spacial score (nSPS) is 14.2. The molecule has 0 aliphatic rings. The maximum atomic E-state index is 12.8. The molecule has 0 bridgehead atoms. The van der Waals surface area contributed by atoms with Gasteiger partial charge < -0.3 is 5.32 Å². The molecule has 1 amide bonds. The average molecular weight is 437 g/mol. The van der Waals surface area contributed by atoms with E-state index in [2.05, 4.69) is 38.2 Å². The Kier molecular flexibility index (Phi) is 7.01. The molecule has 0 heterocycles. The highest BCUT2D eigenvalue weighted by molar-refractivity contribution is 7.92. The summed E-state index contributed by atoms with van der Waals surface area (Å²) in [6, 6.07) is 13.3. The van der Waals surface area contributed by atoms with Crippen molar-refractivity contribution in [3.8, 4) is 0 Å². The van der Waals surface area contributed by atoms with Gasteiger partial charge in [-0.1, -0.05) is 56.6 Å². The summed E-state index contributed by atoms with van der Waals surface area (Å²) in [5.74, 6) is -0.377. The maximum Gasteiger partial charge on any atom is 0.244 e. The number of hydrogen-bond acceptors (Lipinski definition) is 3. The number of rotatable bonds is 6.